The number of benzene rings is 1. The van der Waals surface area contributed by atoms with E-state index < -0.39 is 26.7 Å². The highest BCUT2D eigenvalue weighted by Gasteiger charge is 2.31. The van der Waals surface area contributed by atoms with Gasteiger partial charge in [0.1, 0.15) is 12.4 Å². The molecule has 1 heterocycles. The first-order valence-corrected chi connectivity index (χ1v) is 8.85. The summed E-state index contributed by atoms with van der Waals surface area (Å²) in [6.45, 7) is 1.60. The number of nitrogens with one attached hydrogen (secondary N) is 1. The molecule has 0 bridgehead atoms. The molecule has 0 saturated heterocycles. The van der Waals surface area contributed by atoms with Gasteiger partial charge in [-0.2, -0.15) is 17.9 Å². The van der Waals surface area contributed by atoms with Crippen LogP contribution in [0.25, 0.3) is 0 Å². The summed E-state index contributed by atoms with van der Waals surface area (Å²) in [6, 6.07) is 6.98. The van der Waals surface area contributed by atoms with E-state index in [4.69, 9.17) is 4.74 Å². The minimum atomic E-state index is -4.62. The first-order chi connectivity index (χ1) is 12.2. The van der Waals surface area contributed by atoms with Gasteiger partial charge in [-0.1, -0.05) is 17.9 Å². The number of hydrogen-bond donors (Lipinski definition) is 1. The molecular weight excluding hydrogens is 369 g/mol. The predicted molar refractivity (Wildman–Crippen MR) is 88.9 cm³/mol. The summed E-state index contributed by atoms with van der Waals surface area (Å²) in [7, 11) is -4.09. The summed E-state index contributed by atoms with van der Waals surface area (Å²) < 4.78 is 69.4. The molecule has 1 N–H and O–H groups in total. The van der Waals surface area contributed by atoms with Gasteiger partial charge < -0.3 is 4.74 Å². The lowest BCUT2D eigenvalue weighted by Gasteiger charge is -2.09. The van der Waals surface area contributed by atoms with Crippen molar-refractivity contribution in [2.45, 2.75) is 18.0 Å². The molecule has 0 aliphatic carbocycles. The van der Waals surface area contributed by atoms with Crippen molar-refractivity contribution in [1.82, 2.24) is 9.71 Å². The molecule has 0 amide bonds. The zero-order valence-electron chi connectivity index (χ0n) is 13.7. The number of aryl methyl sites for hydroxylation is 1. The van der Waals surface area contributed by atoms with E-state index in [1.807, 2.05) is 6.92 Å². The second-order valence-electron chi connectivity index (χ2n) is 5.13. The Balaban J connectivity index is 1.90. The molecule has 0 saturated carbocycles. The molecule has 1 aromatic carbocycles. The minimum Gasteiger partial charge on any atom is -0.479 e. The Labute approximate surface area is 149 Å². The molecule has 1 aromatic heterocycles. The molecule has 5 nitrogen and oxygen atoms in total. The molecule has 0 aliphatic rings. The summed E-state index contributed by atoms with van der Waals surface area (Å²) in [5.74, 6) is 5.65. The van der Waals surface area contributed by atoms with Crippen molar-refractivity contribution < 1.29 is 26.3 Å². The maximum Gasteiger partial charge on any atom is 0.416 e. The number of nitrogens with zero attached hydrogens (tertiary/aromatic N) is 1. The Morgan fingerprint density at radius 1 is 1.19 bits per heavy atom. The van der Waals surface area contributed by atoms with Crippen LogP contribution < -0.4 is 9.46 Å². The van der Waals surface area contributed by atoms with Gasteiger partial charge in [-0.25, -0.2) is 8.42 Å². The van der Waals surface area contributed by atoms with Crippen LogP contribution in [0.4, 0.5) is 13.2 Å². The van der Waals surface area contributed by atoms with Gasteiger partial charge in [0.15, 0.2) is 0 Å². The van der Waals surface area contributed by atoms with Crippen molar-refractivity contribution in [3.63, 3.8) is 0 Å². The summed E-state index contributed by atoms with van der Waals surface area (Å²) in [6.07, 6.45) is -3.08. The van der Waals surface area contributed by atoms with Crippen LogP contribution in [0, 0.1) is 18.8 Å². The van der Waals surface area contributed by atoms with Gasteiger partial charge in [-0.05, 0) is 37.3 Å². The summed E-state index contributed by atoms with van der Waals surface area (Å²) in [4.78, 5) is 3.56. The maximum atomic E-state index is 12.7. The fourth-order valence-corrected chi connectivity index (χ4v) is 2.80. The first kappa shape index (κ1) is 19.8. The molecule has 0 aliphatic heterocycles. The zero-order valence-corrected chi connectivity index (χ0v) is 14.5. The van der Waals surface area contributed by atoms with Crippen molar-refractivity contribution in [3.05, 3.63) is 53.9 Å². The van der Waals surface area contributed by atoms with Crippen LogP contribution in [-0.4, -0.2) is 26.6 Å². The lowest BCUT2D eigenvalue weighted by atomic mass is 10.2. The Morgan fingerprint density at radius 3 is 2.62 bits per heavy atom. The van der Waals surface area contributed by atoms with Crippen molar-refractivity contribution in [2.24, 2.45) is 0 Å². The van der Waals surface area contributed by atoms with Crippen LogP contribution in [0.5, 0.6) is 5.75 Å². The Kier molecular flexibility index (Phi) is 6.23. The topological polar surface area (TPSA) is 68.3 Å². The largest absolute Gasteiger partial charge is 0.479 e. The fourth-order valence-electron chi connectivity index (χ4n) is 1.83. The number of rotatable bonds is 5. The monoisotopic (exact) mass is 384 g/mol. The van der Waals surface area contributed by atoms with Crippen LogP contribution in [0.3, 0.4) is 0 Å². The lowest BCUT2D eigenvalue weighted by molar-refractivity contribution is -0.137. The summed E-state index contributed by atoms with van der Waals surface area (Å²) in [5, 5.41) is 0. The third kappa shape index (κ3) is 5.75. The quantitative estimate of drug-likeness (QED) is 0.805. The van der Waals surface area contributed by atoms with Gasteiger partial charge in [0.05, 0.1) is 23.2 Å². The molecule has 0 atom stereocenters. The van der Waals surface area contributed by atoms with Crippen LogP contribution in [0.2, 0.25) is 0 Å². The van der Waals surface area contributed by atoms with Crippen molar-refractivity contribution in [3.8, 4) is 17.6 Å². The molecule has 2 aromatic rings. The number of alkyl halides is 3. The van der Waals surface area contributed by atoms with E-state index in [0.29, 0.717) is 11.8 Å². The minimum absolute atomic E-state index is 0.0238. The van der Waals surface area contributed by atoms with E-state index in [2.05, 4.69) is 21.5 Å². The van der Waals surface area contributed by atoms with Gasteiger partial charge in [0, 0.05) is 5.69 Å². The Morgan fingerprint density at radius 2 is 1.96 bits per heavy atom. The second kappa shape index (κ2) is 8.21. The molecule has 0 spiro atoms. The predicted octanol–water partition coefficient (Wildman–Crippen LogP) is 2.77. The van der Waals surface area contributed by atoms with Crippen molar-refractivity contribution in [1.29, 1.82) is 0 Å². The van der Waals surface area contributed by atoms with Gasteiger partial charge >= 0.3 is 6.18 Å². The second-order valence-corrected chi connectivity index (χ2v) is 6.89. The number of sulfonamides is 1. The molecule has 2 rings (SSSR count). The van der Waals surface area contributed by atoms with Gasteiger partial charge in [0.2, 0.25) is 10.0 Å². The average Bonchev–Trinajstić information content (AvgIpc) is 2.59. The van der Waals surface area contributed by atoms with E-state index in [0.717, 1.165) is 23.9 Å². The third-order valence-corrected chi connectivity index (χ3v) is 4.54. The van der Waals surface area contributed by atoms with E-state index in [1.54, 1.807) is 12.1 Å². The summed E-state index contributed by atoms with van der Waals surface area (Å²) in [5.41, 5.74) is -0.195. The highest BCUT2D eigenvalue weighted by molar-refractivity contribution is 7.89. The lowest BCUT2D eigenvalue weighted by Crippen LogP contribution is -2.24. The molecule has 0 radical (unpaired) electrons. The van der Waals surface area contributed by atoms with Gasteiger partial charge in [-0.3, -0.25) is 4.98 Å². The number of ether oxygens (including phenoxy) is 1. The van der Waals surface area contributed by atoms with E-state index in [9.17, 15) is 21.6 Å². The molecule has 26 heavy (non-hydrogen) atoms. The first-order valence-electron chi connectivity index (χ1n) is 7.36. The number of halogens is 3. The van der Waals surface area contributed by atoms with Crippen molar-refractivity contribution >= 4 is 10.0 Å². The van der Waals surface area contributed by atoms with E-state index >= 15 is 0 Å². The third-order valence-electron chi connectivity index (χ3n) is 3.14. The van der Waals surface area contributed by atoms with Crippen LogP contribution in [0.15, 0.2) is 47.5 Å². The number of hydrogen-bond acceptors (Lipinski definition) is 4. The molecule has 0 unspecified atom stereocenters. The van der Waals surface area contributed by atoms with Gasteiger partial charge in [0.25, 0.3) is 0 Å². The summed E-state index contributed by atoms with van der Waals surface area (Å²) >= 11 is 0. The van der Waals surface area contributed by atoms with Crippen LogP contribution in [-0.2, 0) is 16.2 Å². The molecule has 0 fully saturated rings. The zero-order chi connectivity index (χ0) is 19.2. The van der Waals surface area contributed by atoms with E-state index in [1.165, 1.54) is 6.20 Å². The highest BCUT2D eigenvalue weighted by atomic mass is 32.2. The Bertz CT molecular complexity index is 915. The SMILES string of the molecule is Cc1ccc(OCC#CCNS(=O)(=O)c2cccc(C(F)(F)F)c2)cn1. The van der Waals surface area contributed by atoms with Gasteiger partial charge in [-0.15, -0.1) is 0 Å². The normalized spacial score (nSPS) is 11.5. The highest BCUT2D eigenvalue weighted by Crippen LogP contribution is 2.30. The Hall–Kier alpha value is -2.57. The molecule has 138 valence electrons. The maximum absolute atomic E-state index is 12.7. The smallest absolute Gasteiger partial charge is 0.416 e. The van der Waals surface area contributed by atoms with Crippen molar-refractivity contribution in [2.75, 3.05) is 13.2 Å². The van der Waals surface area contributed by atoms with Crippen LogP contribution in [0.1, 0.15) is 11.3 Å². The fraction of sp³-hybridized carbons (Fsp3) is 0.235. The molecule has 9 heteroatoms. The number of aromatic nitrogens is 1. The number of pyridine rings is 1. The van der Waals surface area contributed by atoms with Crippen LogP contribution >= 0.6 is 0 Å². The van der Waals surface area contributed by atoms with E-state index in [-0.39, 0.29) is 13.2 Å². The average molecular weight is 384 g/mol. The standard InChI is InChI=1S/C17H15F3N2O3S/c1-13-7-8-15(12-21-13)25-10-3-2-9-22-26(23,24)16-6-4-5-14(11-16)17(18,19)20/h4-8,11-12,22H,9-10H2,1H3. The molecular formula is C17H15F3N2O3S.